The first kappa shape index (κ1) is 14.0. The Labute approximate surface area is 117 Å². The van der Waals surface area contributed by atoms with Gasteiger partial charge in [0.05, 0.1) is 16.3 Å². The maximum absolute atomic E-state index is 12.8. The Morgan fingerprint density at radius 2 is 1.72 bits per heavy atom. The lowest BCUT2D eigenvalue weighted by Crippen LogP contribution is -2.30. The Bertz CT molecular complexity index is 442. The van der Waals surface area contributed by atoms with Gasteiger partial charge >= 0.3 is 6.18 Å². The second kappa shape index (κ2) is 5.29. The Kier molecular flexibility index (Phi) is 4.11. The summed E-state index contributed by atoms with van der Waals surface area (Å²) in [6.07, 6.45) is -1.26. The average Bonchev–Trinajstić information content (AvgIpc) is 2.28. The summed E-state index contributed by atoms with van der Waals surface area (Å²) in [5.74, 6) is 0. The number of nitrogens with zero attached hydrogens (tertiary/aromatic N) is 1. The molecule has 2 rings (SSSR count). The normalized spacial score (nSPS) is 17.1. The molecule has 6 heteroatoms. The molecule has 0 unspecified atom stereocenters. The van der Waals surface area contributed by atoms with Crippen molar-refractivity contribution in [3.63, 3.8) is 0 Å². The summed E-state index contributed by atoms with van der Waals surface area (Å²) in [5.41, 5.74) is -0.195. The smallest absolute Gasteiger partial charge is 0.370 e. The number of benzene rings is 1. The highest BCUT2D eigenvalue weighted by Crippen LogP contribution is 2.41. The maximum Gasteiger partial charge on any atom is 0.417 e. The van der Waals surface area contributed by atoms with Crippen LogP contribution in [-0.2, 0) is 6.18 Å². The number of hydrogen-bond donors (Lipinski definition) is 0. The molecule has 1 aliphatic heterocycles. The van der Waals surface area contributed by atoms with E-state index in [2.05, 4.69) is 15.9 Å². The van der Waals surface area contributed by atoms with Crippen LogP contribution in [-0.4, -0.2) is 13.1 Å². The van der Waals surface area contributed by atoms with Gasteiger partial charge in [0.15, 0.2) is 0 Å². The molecule has 1 fully saturated rings. The van der Waals surface area contributed by atoms with Gasteiger partial charge in [0.1, 0.15) is 0 Å². The van der Waals surface area contributed by atoms with Gasteiger partial charge in [-0.05, 0) is 31.4 Å². The maximum atomic E-state index is 12.8. The summed E-state index contributed by atoms with van der Waals surface area (Å²) in [4.78, 5) is 1.92. The topological polar surface area (TPSA) is 3.24 Å². The molecule has 0 aromatic heterocycles. The van der Waals surface area contributed by atoms with Crippen molar-refractivity contribution in [3.8, 4) is 0 Å². The predicted molar refractivity (Wildman–Crippen MR) is 70.2 cm³/mol. The third-order valence-electron chi connectivity index (χ3n) is 3.04. The minimum absolute atomic E-state index is 0.0132. The van der Waals surface area contributed by atoms with Crippen LogP contribution in [0.4, 0.5) is 18.9 Å². The van der Waals surface area contributed by atoms with Gasteiger partial charge in [-0.3, -0.25) is 0 Å². The quantitative estimate of drug-likeness (QED) is 0.685. The molecule has 0 amide bonds. The second-order valence-corrected chi connectivity index (χ2v) is 5.59. The zero-order chi connectivity index (χ0) is 13.3. The number of piperidine rings is 1. The van der Waals surface area contributed by atoms with Gasteiger partial charge in [0, 0.05) is 17.6 Å². The summed E-state index contributed by atoms with van der Waals surface area (Å²) in [5, 5.41) is 0.358. The van der Waals surface area contributed by atoms with Crippen molar-refractivity contribution in [2.75, 3.05) is 18.0 Å². The minimum Gasteiger partial charge on any atom is -0.370 e. The fourth-order valence-corrected chi connectivity index (χ4v) is 3.12. The van der Waals surface area contributed by atoms with Gasteiger partial charge in [0.25, 0.3) is 0 Å². The molecule has 1 saturated heterocycles. The van der Waals surface area contributed by atoms with Crippen molar-refractivity contribution in [1.82, 2.24) is 0 Å². The molecule has 0 spiro atoms. The fourth-order valence-electron chi connectivity index (χ4n) is 2.13. The number of hydrogen-bond acceptors (Lipinski definition) is 1. The van der Waals surface area contributed by atoms with Crippen molar-refractivity contribution in [2.24, 2.45) is 0 Å². The molecule has 1 heterocycles. The van der Waals surface area contributed by atoms with Crippen molar-refractivity contribution in [1.29, 1.82) is 0 Å². The van der Waals surface area contributed by atoms with Crippen LogP contribution in [0.15, 0.2) is 16.6 Å². The van der Waals surface area contributed by atoms with Crippen LogP contribution < -0.4 is 4.90 Å². The van der Waals surface area contributed by atoms with Crippen molar-refractivity contribution < 1.29 is 13.2 Å². The average molecular weight is 343 g/mol. The molecule has 1 aromatic rings. The third-order valence-corrected chi connectivity index (χ3v) is 4.00. The van der Waals surface area contributed by atoms with Crippen LogP contribution in [0.25, 0.3) is 0 Å². The zero-order valence-corrected chi connectivity index (χ0v) is 11.9. The van der Waals surface area contributed by atoms with Crippen LogP contribution >= 0.6 is 27.5 Å². The van der Waals surface area contributed by atoms with Crippen LogP contribution in [0.3, 0.4) is 0 Å². The van der Waals surface area contributed by atoms with Gasteiger partial charge in [0.2, 0.25) is 0 Å². The summed E-state index contributed by atoms with van der Waals surface area (Å²) in [7, 11) is 0. The Morgan fingerprint density at radius 3 is 2.28 bits per heavy atom. The molecule has 1 aliphatic rings. The largest absolute Gasteiger partial charge is 0.417 e. The zero-order valence-electron chi connectivity index (χ0n) is 9.53. The molecule has 100 valence electrons. The van der Waals surface area contributed by atoms with Crippen molar-refractivity contribution in [3.05, 3.63) is 27.2 Å². The van der Waals surface area contributed by atoms with Gasteiger partial charge in [-0.15, -0.1) is 0 Å². The van der Waals surface area contributed by atoms with Crippen LogP contribution in [0.5, 0.6) is 0 Å². The fraction of sp³-hybridized carbons (Fsp3) is 0.500. The molecular formula is C12H12BrClF3N. The molecule has 1 aromatic carbocycles. The molecule has 0 N–H and O–H groups in total. The Morgan fingerprint density at radius 1 is 1.11 bits per heavy atom. The summed E-state index contributed by atoms with van der Waals surface area (Å²) in [6.45, 7) is 1.53. The van der Waals surface area contributed by atoms with E-state index in [0.29, 0.717) is 10.7 Å². The first-order valence-electron chi connectivity index (χ1n) is 5.71. The van der Waals surface area contributed by atoms with Crippen molar-refractivity contribution in [2.45, 2.75) is 25.4 Å². The molecule has 0 aliphatic carbocycles. The van der Waals surface area contributed by atoms with E-state index < -0.39 is 11.7 Å². The van der Waals surface area contributed by atoms with E-state index in [1.165, 1.54) is 6.07 Å². The minimum atomic E-state index is -4.37. The van der Waals surface area contributed by atoms with Crippen molar-refractivity contribution >= 4 is 33.2 Å². The van der Waals surface area contributed by atoms with Gasteiger partial charge < -0.3 is 4.90 Å². The van der Waals surface area contributed by atoms with E-state index in [1.54, 1.807) is 0 Å². The van der Waals surface area contributed by atoms with E-state index in [0.717, 1.165) is 38.4 Å². The predicted octanol–water partition coefficient (Wildman–Crippen LogP) is 5.11. The molecule has 18 heavy (non-hydrogen) atoms. The van der Waals surface area contributed by atoms with Gasteiger partial charge in [-0.1, -0.05) is 27.5 Å². The first-order chi connectivity index (χ1) is 8.39. The number of rotatable bonds is 1. The summed E-state index contributed by atoms with van der Waals surface area (Å²) < 4.78 is 38.5. The SMILES string of the molecule is FC(F)(F)c1cc(N2CCCCC2)c(Cl)cc1Br. The highest BCUT2D eigenvalue weighted by atomic mass is 79.9. The standard InChI is InChI=1S/C12H12BrClF3N/c13-9-7-10(14)11(6-8(9)12(15,16)17)18-4-2-1-3-5-18/h6-7H,1-5H2. The molecule has 0 bridgehead atoms. The molecule has 0 radical (unpaired) electrons. The number of anilines is 1. The highest BCUT2D eigenvalue weighted by molar-refractivity contribution is 9.10. The van der Waals surface area contributed by atoms with Crippen LogP contribution in [0, 0.1) is 0 Å². The first-order valence-corrected chi connectivity index (χ1v) is 6.88. The molecule has 0 saturated carbocycles. The Balaban J connectivity index is 2.41. The lowest BCUT2D eigenvalue weighted by molar-refractivity contribution is -0.138. The third kappa shape index (κ3) is 2.94. The van der Waals surface area contributed by atoms with E-state index in [4.69, 9.17) is 11.6 Å². The number of alkyl halides is 3. The van der Waals surface area contributed by atoms with E-state index >= 15 is 0 Å². The molecular weight excluding hydrogens is 330 g/mol. The van der Waals surface area contributed by atoms with E-state index in [-0.39, 0.29) is 4.47 Å². The molecule has 0 atom stereocenters. The van der Waals surface area contributed by atoms with E-state index in [9.17, 15) is 13.2 Å². The lowest BCUT2D eigenvalue weighted by atomic mass is 10.1. The summed E-state index contributed by atoms with van der Waals surface area (Å²) >= 11 is 8.96. The second-order valence-electron chi connectivity index (χ2n) is 4.33. The van der Waals surface area contributed by atoms with Gasteiger partial charge in [-0.2, -0.15) is 13.2 Å². The van der Waals surface area contributed by atoms with E-state index in [1.807, 2.05) is 4.90 Å². The highest BCUT2D eigenvalue weighted by Gasteiger charge is 2.34. The summed E-state index contributed by atoms with van der Waals surface area (Å²) in [6, 6.07) is 2.46. The lowest BCUT2D eigenvalue weighted by Gasteiger charge is -2.30. The monoisotopic (exact) mass is 341 g/mol. The molecule has 1 nitrogen and oxygen atoms in total. The van der Waals surface area contributed by atoms with Crippen LogP contribution in [0.1, 0.15) is 24.8 Å². The number of halogens is 5. The van der Waals surface area contributed by atoms with Gasteiger partial charge in [-0.25, -0.2) is 0 Å². The van der Waals surface area contributed by atoms with Crippen LogP contribution in [0.2, 0.25) is 5.02 Å². The Hall–Kier alpha value is -0.420.